The fourth-order valence-corrected chi connectivity index (χ4v) is 1.56. The SMILES string of the molecule is CCOC=Nc1cc(C)nc2ccccc12. The molecule has 0 unspecified atom stereocenters. The van der Waals surface area contributed by atoms with E-state index in [1.54, 1.807) is 0 Å². The number of para-hydroxylation sites is 1. The Labute approximate surface area is 94.8 Å². The van der Waals surface area contributed by atoms with Crippen LogP contribution in [0.25, 0.3) is 10.9 Å². The molecule has 1 aromatic heterocycles. The largest absolute Gasteiger partial charge is 0.483 e. The highest BCUT2D eigenvalue weighted by Crippen LogP contribution is 2.25. The van der Waals surface area contributed by atoms with Crippen LogP contribution in [0.5, 0.6) is 0 Å². The number of aliphatic imine (C=N–C) groups is 1. The molecule has 1 heterocycles. The zero-order chi connectivity index (χ0) is 11.4. The average Bonchev–Trinajstić information content (AvgIpc) is 2.29. The number of nitrogens with zero attached hydrogens (tertiary/aromatic N) is 2. The van der Waals surface area contributed by atoms with Crippen molar-refractivity contribution in [2.75, 3.05) is 6.61 Å². The van der Waals surface area contributed by atoms with Crippen LogP contribution in [0.1, 0.15) is 12.6 Å². The van der Waals surface area contributed by atoms with Crippen LogP contribution in [-0.2, 0) is 4.74 Å². The third-order valence-electron chi connectivity index (χ3n) is 2.26. The first kappa shape index (κ1) is 10.6. The van der Waals surface area contributed by atoms with Crippen LogP contribution >= 0.6 is 0 Å². The van der Waals surface area contributed by atoms with Crippen LogP contribution in [0.15, 0.2) is 35.3 Å². The van der Waals surface area contributed by atoms with E-state index in [1.807, 2.05) is 44.2 Å². The van der Waals surface area contributed by atoms with Gasteiger partial charge in [0.1, 0.15) is 0 Å². The molecular formula is C13H14N2O. The van der Waals surface area contributed by atoms with Gasteiger partial charge < -0.3 is 4.74 Å². The molecular weight excluding hydrogens is 200 g/mol. The van der Waals surface area contributed by atoms with Gasteiger partial charge in [-0.3, -0.25) is 4.98 Å². The molecule has 0 radical (unpaired) electrons. The highest BCUT2D eigenvalue weighted by Gasteiger charge is 2.01. The lowest BCUT2D eigenvalue weighted by molar-refractivity contribution is 0.344. The summed E-state index contributed by atoms with van der Waals surface area (Å²) in [7, 11) is 0. The zero-order valence-corrected chi connectivity index (χ0v) is 9.47. The minimum absolute atomic E-state index is 0.630. The fraction of sp³-hybridized carbons (Fsp3) is 0.231. The smallest absolute Gasteiger partial charge is 0.174 e. The van der Waals surface area contributed by atoms with Gasteiger partial charge in [-0.25, -0.2) is 4.99 Å². The van der Waals surface area contributed by atoms with Gasteiger partial charge in [0.25, 0.3) is 0 Å². The predicted molar refractivity (Wildman–Crippen MR) is 66.3 cm³/mol. The van der Waals surface area contributed by atoms with Crippen molar-refractivity contribution in [1.82, 2.24) is 4.98 Å². The van der Waals surface area contributed by atoms with Gasteiger partial charge in [-0.05, 0) is 26.0 Å². The van der Waals surface area contributed by atoms with E-state index >= 15 is 0 Å². The van der Waals surface area contributed by atoms with Gasteiger partial charge in [0, 0.05) is 11.1 Å². The minimum atomic E-state index is 0.630. The monoisotopic (exact) mass is 214 g/mol. The third kappa shape index (κ3) is 2.19. The molecule has 0 saturated heterocycles. The van der Waals surface area contributed by atoms with Gasteiger partial charge in [0.2, 0.25) is 0 Å². The highest BCUT2D eigenvalue weighted by molar-refractivity contribution is 5.90. The predicted octanol–water partition coefficient (Wildman–Crippen LogP) is 3.24. The van der Waals surface area contributed by atoms with Crippen molar-refractivity contribution in [3.8, 4) is 0 Å². The van der Waals surface area contributed by atoms with Crippen molar-refractivity contribution < 1.29 is 4.74 Å². The first-order chi connectivity index (χ1) is 7.81. The van der Waals surface area contributed by atoms with Crippen LogP contribution in [0.4, 0.5) is 5.69 Å². The van der Waals surface area contributed by atoms with Gasteiger partial charge in [0.05, 0.1) is 17.8 Å². The molecule has 1 aromatic carbocycles. The Balaban J connectivity index is 2.50. The molecule has 16 heavy (non-hydrogen) atoms. The molecule has 0 aliphatic carbocycles. The highest BCUT2D eigenvalue weighted by atomic mass is 16.5. The number of rotatable bonds is 3. The van der Waals surface area contributed by atoms with Crippen molar-refractivity contribution in [1.29, 1.82) is 0 Å². The summed E-state index contributed by atoms with van der Waals surface area (Å²) in [6, 6.07) is 9.92. The molecule has 3 nitrogen and oxygen atoms in total. The molecule has 3 heteroatoms. The molecule has 0 N–H and O–H groups in total. The second-order valence-electron chi connectivity index (χ2n) is 3.49. The van der Waals surface area contributed by atoms with Gasteiger partial charge in [0.15, 0.2) is 6.40 Å². The molecule has 0 aliphatic heterocycles. The van der Waals surface area contributed by atoms with E-state index in [0.717, 1.165) is 22.3 Å². The molecule has 0 aliphatic rings. The molecule has 2 rings (SSSR count). The summed E-state index contributed by atoms with van der Waals surface area (Å²) in [5.74, 6) is 0. The molecule has 82 valence electrons. The Hall–Kier alpha value is -1.90. The molecule has 0 fully saturated rings. The number of pyridine rings is 1. The zero-order valence-electron chi connectivity index (χ0n) is 9.47. The Morgan fingerprint density at radius 3 is 3.00 bits per heavy atom. The van der Waals surface area contributed by atoms with E-state index in [0.29, 0.717) is 6.61 Å². The van der Waals surface area contributed by atoms with E-state index in [9.17, 15) is 0 Å². The Morgan fingerprint density at radius 1 is 1.38 bits per heavy atom. The van der Waals surface area contributed by atoms with Crippen LogP contribution in [-0.4, -0.2) is 18.0 Å². The van der Waals surface area contributed by atoms with Crippen molar-refractivity contribution in [3.63, 3.8) is 0 Å². The normalized spacial score (nSPS) is 11.1. The van der Waals surface area contributed by atoms with Crippen molar-refractivity contribution in [2.45, 2.75) is 13.8 Å². The molecule has 2 aromatic rings. The van der Waals surface area contributed by atoms with E-state index in [4.69, 9.17) is 4.74 Å². The second-order valence-corrected chi connectivity index (χ2v) is 3.49. The summed E-state index contributed by atoms with van der Waals surface area (Å²) in [6.45, 7) is 4.53. The van der Waals surface area contributed by atoms with Crippen LogP contribution in [0.3, 0.4) is 0 Å². The standard InChI is InChI=1S/C13H14N2O/c1-3-16-9-14-13-8-10(2)15-12-7-5-4-6-11(12)13/h4-9H,3H2,1-2H3. The van der Waals surface area contributed by atoms with E-state index in [2.05, 4.69) is 9.98 Å². The van der Waals surface area contributed by atoms with Gasteiger partial charge in [-0.2, -0.15) is 0 Å². The lowest BCUT2D eigenvalue weighted by atomic mass is 10.1. The Morgan fingerprint density at radius 2 is 2.19 bits per heavy atom. The number of hydrogen-bond acceptors (Lipinski definition) is 3. The molecule has 0 spiro atoms. The molecule has 0 atom stereocenters. The first-order valence-corrected chi connectivity index (χ1v) is 5.32. The summed E-state index contributed by atoms with van der Waals surface area (Å²) < 4.78 is 5.11. The lowest BCUT2D eigenvalue weighted by Crippen LogP contribution is -1.86. The third-order valence-corrected chi connectivity index (χ3v) is 2.26. The number of hydrogen-bond donors (Lipinski definition) is 0. The molecule has 0 amide bonds. The van der Waals surface area contributed by atoms with Crippen LogP contribution in [0.2, 0.25) is 0 Å². The van der Waals surface area contributed by atoms with E-state index < -0.39 is 0 Å². The van der Waals surface area contributed by atoms with Crippen molar-refractivity contribution in [2.24, 2.45) is 4.99 Å². The van der Waals surface area contributed by atoms with Crippen LogP contribution < -0.4 is 0 Å². The molecule has 0 saturated carbocycles. The van der Waals surface area contributed by atoms with Gasteiger partial charge >= 0.3 is 0 Å². The Kier molecular flexibility index (Phi) is 3.15. The number of ether oxygens (including phenoxy) is 1. The summed E-state index contributed by atoms with van der Waals surface area (Å²) in [5.41, 5.74) is 2.82. The topological polar surface area (TPSA) is 34.5 Å². The van der Waals surface area contributed by atoms with E-state index in [1.165, 1.54) is 6.40 Å². The number of benzene rings is 1. The summed E-state index contributed by atoms with van der Waals surface area (Å²) >= 11 is 0. The average molecular weight is 214 g/mol. The van der Waals surface area contributed by atoms with Crippen molar-refractivity contribution >= 4 is 23.0 Å². The quantitative estimate of drug-likeness (QED) is 0.580. The number of aryl methyl sites for hydroxylation is 1. The van der Waals surface area contributed by atoms with Gasteiger partial charge in [-0.15, -0.1) is 0 Å². The second kappa shape index (κ2) is 4.75. The fourth-order valence-electron chi connectivity index (χ4n) is 1.56. The van der Waals surface area contributed by atoms with Crippen molar-refractivity contribution in [3.05, 3.63) is 36.0 Å². The number of fused-ring (bicyclic) bond motifs is 1. The summed E-state index contributed by atoms with van der Waals surface area (Å²) in [4.78, 5) is 8.75. The Bertz CT molecular complexity index is 520. The van der Waals surface area contributed by atoms with Gasteiger partial charge in [-0.1, -0.05) is 18.2 Å². The maximum Gasteiger partial charge on any atom is 0.174 e. The van der Waals surface area contributed by atoms with E-state index in [-0.39, 0.29) is 0 Å². The first-order valence-electron chi connectivity index (χ1n) is 5.32. The number of aromatic nitrogens is 1. The maximum absolute atomic E-state index is 5.11. The minimum Gasteiger partial charge on any atom is -0.483 e. The van der Waals surface area contributed by atoms with Crippen LogP contribution in [0, 0.1) is 6.92 Å². The molecule has 0 bridgehead atoms. The maximum atomic E-state index is 5.11. The summed E-state index contributed by atoms with van der Waals surface area (Å²) in [5, 5.41) is 1.05. The summed E-state index contributed by atoms with van der Waals surface area (Å²) in [6.07, 6.45) is 1.49. The lowest BCUT2D eigenvalue weighted by Gasteiger charge is -2.03.